The number of aliphatic hydroxyl groups excluding tert-OH is 1. The van der Waals surface area contributed by atoms with Crippen LogP contribution in [-0.2, 0) is 31.6 Å². The molecular weight excluding hydrogens is 548 g/mol. The van der Waals surface area contributed by atoms with Gasteiger partial charge in [0.25, 0.3) is 5.56 Å². The van der Waals surface area contributed by atoms with Gasteiger partial charge in [-0.2, -0.15) is 8.62 Å². The first kappa shape index (κ1) is 24.3. The second-order valence-electron chi connectivity index (χ2n) is 5.66. The topological polar surface area (TPSA) is 244 Å². The number of hydrogen-bond acceptors (Lipinski definition) is 10. The number of aromatic amines is 1. The highest BCUT2D eigenvalue weighted by molar-refractivity contribution is 7.66. The molecule has 32 heavy (non-hydrogen) atoms. The molecule has 16 nitrogen and oxygen atoms in total. The van der Waals surface area contributed by atoms with Crippen molar-refractivity contribution in [2.75, 3.05) is 6.56 Å². The maximum absolute atomic E-state index is 12.1. The summed E-state index contributed by atoms with van der Waals surface area (Å²) in [6, 6.07) is 0.830. The van der Waals surface area contributed by atoms with Crippen LogP contribution in [-0.4, -0.2) is 57.9 Å². The lowest BCUT2D eigenvalue weighted by Crippen LogP contribution is -2.44. The average molecular weight is 563 g/mol. The molecule has 1 saturated heterocycles. The fourth-order valence-electron chi connectivity index (χ4n) is 2.27. The minimum Gasteiger partial charge on any atom is -0.387 e. The van der Waals surface area contributed by atoms with Gasteiger partial charge in [-0.25, -0.2) is 18.5 Å². The molecule has 3 unspecified atom stereocenters. The molecule has 1 aromatic rings. The average Bonchev–Trinajstić information content (AvgIpc) is 2.83. The lowest BCUT2D eigenvalue weighted by molar-refractivity contribution is -0.0455. The van der Waals surface area contributed by atoms with E-state index in [1.165, 1.54) is 0 Å². The van der Waals surface area contributed by atoms with Crippen molar-refractivity contribution >= 4 is 46.7 Å². The number of phosphoric ester groups is 1. The van der Waals surface area contributed by atoms with Gasteiger partial charge in [0, 0.05) is 17.6 Å². The predicted octanol–water partition coefficient (Wildman–Crippen LogP) is -0.685. The van der Waals surface area contributed by atoms with Crippen molar-refractivity contribution < 1.29 is 59.0 Å². The van der Waals surface area contributed by atoms with E-state index in [4.69, 9.17) is 40.5 Å². The van der Waals surface area contributed by atoms with Crippen molar-refractivity contribution in [2.45, 2.75) is 23.3 Å². The molecule has 6 N–H and O–H groups in total. The highest BCUT2D eigenvalue weighted by Crippen LogP contribution is 2.66. The minimum absolute atomic E-state index is 0.569. The van der Waals surface area contributed by atoms with Gasteiger partial charge >= 0.3 is 29.2 Å². The maximum atomic E-state index is 12.1. The standard InChI is InChI=1S/C11H13Cl2N2O14P3/c12-3-2-11(13)8(17)6(27-9(11)15-4-1-7(16)14-10(15)18)5-26-31(22,23)29-32(24,25)28-30(19,20)21/h1,4,6,8-9,17H,5H2,(H,22,23)(H,24,25)(H,14,16,18)(H2,19,20,21)/t6-,8+,9-,11?/m1/s1/i5D2. The number of rotatable bonds is 8. The fraction of sp³-hybridized carbons (Fsp3) is 0.455. The summed E-state index contributed by atoms with van der Waals surface area (Å²) in [5, 5.41) is 12.4. The number of nitrogens with one attached hydrogen (secondary N) is 1. The zero-order valence-electron chi connectivity index (χ0n) is 16.8. The number of aromatic nitrogens is 2. The minimum atomic E-state index is -6.03. The second-order valence-corrected chi connectivity index (χ2v) is 10.8. The molecule has 1 aromatic heterocycles. The molecule has 21 heteroatoms. The molecule has 0 amide bonds. The summed E-state index contributed by atoms with van der Waals surface area (Å²) in [6.45, 7) is -3.64. The summed E-state index contributed by atoms with van der Waals surface area (Å²) in [4.78, 5) is 58.7. The predicted molar refractivity (Wildman–Crippen MR) is 103 cm³/mol. The number of H-pyrrole nitrogens is 1. The highest BCUT2D eigenvalue weighted by Gasteiger charge is 2.56. The van der Waals surface area contributed by atoms with Gasteiger partial charge in [0.15, 0.2) is 11.1 Å². The van der Waals surface area contributed by atoms with Gasteiger partial charge in [0.2, 0.25) is 0 Å². The molecule has 2 heterocycles. The molecule has 180 valence electrons. The van der Waals surface area contributed by atoms with E-state index in [0.29, 0.717) is 4.57 Å². The molecule has 0 bridgehead atoms. The Morgan fingerprint density at radius 1 is 1.25 bits per heavy atom. The highest BCUT2D eigenvalue weighted by atomic mass is 35.5. The van der Waals surface area contributed by atoms with Gasteiger partial charge in [-0.1, -0.05) is 17.5 Å². The van der Waals surface area contributed by atoms with Crippen LogP contribution in [0.5, 0.6) is 0 Å². The number of hydrogen-bond donors (Lipinski definition) is 6. The number of ether oxygens (including phenoxy) is 1. The molecule has 0 saturated carbocycles. The van der Waals surface area contributed by atoms with Gasteiger partial charge in [0.05, 0.1) is 9.30 Å². The Morgan fingerprint density at radius 3 is 2.41 bits per heavy atom. The van der Waals surface area contributed by atoms with E-state index in [1.807, 2.05) is 4.98 Å². The van der Waals surface area contributed by atoms with E-state index >= 15 is 0 Å². The SMILES string of the molecule is [2H]C([2H])(OP(=O)(O)OP(=O)(O)OP(=O)(O)O)[C@H]1O[C@@H](n2ccc(=O)[nH]c2=O)C(Cl)(C#CCl)[C@H]1O. The zero-order valence-corrected chi connectivity index (χ0v) is 19.0. The smallest absolute Gasteiger partial charge is 0.387 e. The van der Waals surface area contributed by atoms with Crippen molar-refractivity contribution in [1.82, 2.24) is 9.55 Å². The van der Waals surface area contributed by atoms with Crippen LogP contribution in [0.4, 0.5) is 0 Å². The van der Waals surface area contributed by atoms with E-state index in [-0.39, 0.29) is 0 Å². The normalized spacial score (nSPS) is 30.9. The molecule has 0 spiro atoms. The molecule has 1 aliphatic rings. The van der Waals surface area contributed by atoms with Crippen molar-refractivity contribution in [3.63, 3.8) is 0 Å². The van der Waals surface area contributed by atoms with Crippen LogP contribution in [0.15, 0.2) is 21.9 Å². The van der Waals surface area contributed by atoms with E-state index in [1.54, 1.807) is 5.38 Å². The number of alkyl halides is 1. The Bertz CT molecular complexity index is 1270. The van der Waals surface area contributed by atoms with Crippen molar-refractivity contribution in [3.8, 4) is 11.3 Å². The van der Waals surface area contributed by atoms with Gasteiger partial charge in [-0.3, -0.25) is 18.9 Å². The third-order valence-electron chi connectivity index (χ3n) is 3.39. The van der Waals surface area contributed by atoms with Gasteiger partial charge < -0.3 is 29.4 Å². The number of halogens is 2. The molecule has 1 fully saturated rings. The van der Waals surface area contributed by atoms with E-state index in [0.717, 1.165) is 12.3 Å². The van der Waals surface area contributed by atoms with Crippen molar-refractivity contribution in [1.29, 1.82) is 0 Å². The van der Waals surface area contributed by atoms with E-state index < -0.39 is 64.6 Å². The summed E-state index contributed by atoms with van der Waals surface area (Å²) in [7, 11) is -17.7. The van der Waals surface area contributed by atoms with E-state index in [9.17, 15) is 38.2 Å². The first-order valence-electron chi connectivity index (χ1n) is 8.54. The van der Waals surface area contributed by atoms with Gasteiger partial charge in [-0.15, -0.1) is 0 Å². The summed E-state index contributed by atoms with van der Waals surface area (Å²) in [5.74, 6) is 2.07. The van der Waals surface area contributed by atoms with E-state index in [2.05, 4.69) is 19.1 Å². The summed E-state index contributed by atoms with van der Waals surface area (Å²) in [5.41, 5.74) is -2.00. The van der Waals surface area contributed by atoms with Crippen molar-refractivity contribution in [3.05, 3.63) is 33.1 Å². The first-order chi connectivity index (χ1) is 15.2. The Labute approximate surface area is 189 Å². The van der Waals surface area contributed by atoms with Crippen LogP contribution in [0.1, 0.15) is 8.97 Å². The molecule has 2 rings (SSSR count). The third-order valence-corrected chi connectivity index (χ3v) is 7.66. The maximum Gasteiger partial charge on any atom is 0.490 e. The largest absolute Gasteiger partial charge is 0.490 e. The number of phosphoric acid groups is 3. The lowest BCUT2D eigenvalue weighted by Gasteiger charge is -2.25. The lowest BCUT2D eigenvalue weighted by atomic mass is 9.99. The van der Waals surface area contributed by atoms with Crippen LogP contribution in [0, 0.1) is 11.3 Å². The Balaban J connectivity index is 2.41. The van der Waals surface area contributed by atoms with Gasteiger partial charge in [-0.05, 0) is 11.6 Å². The quantitative estimate of drug-likeness (QED) is 0.130. The molecule has 0 aliphatic carbocycles. The molecule has 1 aliphatic heterocycles. The van der Waals surface area contributed by atoms with Crippen molar-refractivity contribution in [2.24, 2.45) is 0 Å². The zero-order chi connectivity index (χ0) is 26.3. The second kappa shape index (κ2) is 9.79. The van der Waals surface area contributed by atoms with Crippen LogP contribution in [0.2, 0.25) is 0 Å². The molecule has 0 radical (unpaired) electrons. The Morgan fingerprint density at radius 2 is 1.88 bits per heavy atom. The van der Waals surface area contributed by atoms with Crippen LogP contribution < -0.4 is 11.2 Å². The summed E-state index contributed by atoms with van der Waals surface area (Å²) < 4.78 is 66.6. The number of aliphatic hydroxyl groups is 1. The van der Waals surface area contributed by atoms with Gasteiger partial charge in [0.1, 0.15) is 12.2 Å². The van der Waals surface area contributed by atoms with Crippen LogP contribution >= 0.6 is 46.7 Å². The third kappa shape index (κ3) is 6.83. The van der Waals surface area contributed by atoms with Crippen LogP contribution in [0.3, 0.4) is 0 Å². The fourth-order valence-corrected chi connectivity index (χ4v) is 5.67. The van der Waals surface area contributed by atoms with Crippen LogP contribution in [0.25, 0.3) is 0 Å². The molecular formula is C11H13Cl2N2O14P3. The monoisotopic (exact) mass is 562 g/mol. The first-order valence-corrected chi connectivity index (χ1v) is 12.8. The molecule has 6 atom stereocenters. The number of nitrogens with zero attached hydrogens (tertiary/aromatic N) is 1. The molecule has 0 aromatic carbocycles. The Kier molecular flexibility index (Phi) is 7.43. The summed E-state index contributed by atoms with van der Waals surface area (Å²) in [6.07, 6.45) is -5.75. The summed E-state index contributed by atoms with van der Waals surface area (Å²) >= 11 is 11.5. The Hall–Kier alpha value is -0.850.